The van der Waals surface area contributed by atoms with Crippen LogP contribution in [-0.4, -0.2) is 12.1 Å². The van der Waals surface area contributed by atoms with Crippen molar-refractivity contribution in [3.8, 4) is 0 Å². The number of hydrogen-bond acceptors (Lipinski definition) is 2. The summed E-state index contributed by atoms with van der Waals surface area (Å²) in [4.78, 5) is 11.5. The lowest BCUT2D eigenvalue weighted by molar-refractivity contribution is -0.147. The summed E-state index contributed by atoms with van der Waals surface area (Å²) in [7, 11) is 0. The van der Waals surface area contributed by atoms with Gasteiger partial charge in [-0.25, -0.2) is 0 Å². The van der Waals surface area contributed by atoms with E-state index in [-0.39, 0.29) is 17.5 Å². The molecule has 2 saturated carbocycles. The van der Waals surface area contributed by atoms with Crippen molar-refractivity contribution in [2.24, 2.45) is 34.5 Å². The van der Waals surface area contributed by atoms with E-state index in [1.54, 1.807) is 18.1 Å². The third-order valence-corrected chi connectivity index (χ3v) is 9.95. The van der Waals surface area contributed by atoms with Crippen LogP contribution in [0.1, 0.15) is 112 Å². The van der Waals surface area contributed by atoms with E-state index in [1.807, 2.05) is 5.57 Å². The average molecular weight is 427 g/mol. The molecular weight excluding hydrogens is 380 g/mol. The molecule has 0 aromatic carbocycles. The van der Waals surface area contributed by atoms with Crippen molar-refractivity contribution < 1.29 is 9.53 Å². The van der Waals surface area contributed by atoms with E-state index in [1.165, 1.54) is 44.9 Å². The van der Waals surface area contributed by atoms with Crippen molar-refractivity contribution in [2.45, 2.75) is 118 Å². The lowest BCUT2D eigenvalue weighted by Gasteiger charge is -2.52. The normalized spacial score (nSPS) is 38.3. The molecule has 174 valence electrons. The third-order valence-electron chi connectivity index (χ3n) is 9.95. The smallest absolute Gasteiger partial charge is 0.302 e. The molecule has 0 spiro atoms. The highest BCUT2D eigenvalue weighted by molar-refractivity contribution is 5.66. The van der Waals surface area contributed by atoms with Gasteiger partial charge in [0.1, 0.15) is 6.10 Å². The van der Waals surface area contributed by atoms with Gasteiger partial charge in [-0.05, 0) is 74.0 Å². The molecule has 0 radical (unpaired) electrons. The number of allylic oxidation sites excluding steroid dienone is 3. The number of fused-ring (bicyclic) bond motifs is 4. The van der Waals surface area contributed by atoms with Crippen LogP contribution in [0.5, 0.6) is 0 Å². The van der Waals surface area contributed by atoms with Crippen molar-refractivity contribution in [1.82, 2.24) is 0 Å². The molecule has 2 fully saturated rings. The Morgan fingerprint density at radius 2 is 1.90 bits per heavy atom. The van der Waals surface area contributed by atoms with Gasteiger partial charge >= 0.3 is 5.97 Å². The molecule has 4 aliphatic carbocycles. The standard InChI is InChI=1S/C29H46O2/c1-19(2)8-7-9-20(3)25-12-13-26-24-11-10-22-18-23(31-21(4)30)14-16-28(22,5)27(24)15-17-29(25,26)6/h10,19-20,23,25-26H,7-9,11-18H2,1-6H3/t20-,23+,25-,26?,28+,29-/m1/s1. The zero-order valence-electron chi connectivity index (χ0n) is 21.1. The molecule has 0 aromatic rings. The van der Waals surface area contributed by atoms with Gasteiger partial charge in [0.05, 0.1) is 0 Å². The van der Waals surface area contributed by atoms with Crippen LogP contribution in [0.2, 0.25) is 0 Å². The summed E-state index contributed by atoms with van der Waals surface area (Å²) in [6.45, 7) is 14.0. The Balaban J connectivity index is 1.50. The lowest BCUT2D eigenvalue weighted by Crippen LogP contribution is -2.42. The second-order valence-corrected chi connectivity index (χ2v) is 12.3. The highest BCUT2D eigenvalue weighted by Crippen LogP contribution is 2.65. The van der Waals surface area contributed by atoms with Crippen molar-refractivity contribution in [1.29, 1.82) is 0 Å². The predicted molar refractivity (Wildman–Crippen MR) is 129 cm³/mol. The van der Waals surface area contributed by atoms with Crippen molar-refractivity contribution >= 4 is 5.97 Å². The Hall–Kier alpha value is -1.05. The average Bonchev–Trinajstić information content (AvgIpc) is 3.05. The maximum Gasteiger partial charge on any atom is 0.302 e. The van der Waals surface area contributed by atoms with Gasteiger partial charge < -0.3 is 4.74 Å². The molecule has 0 heterocycles. The second-order valence-electron chi connectivity index (χ2n) is 12.3. The van der Waals surface area contributed by atoms with Gasteiger partial charge in [0.2, 0.25) is 0 Å². The highest BCUT2D eigenvalue weighted by Gasteiger charge is 2.54. The van der Waals surface area contributed by atoms with Crippen LogP contribution in [0.4, 0.5) is 0 Å². The van der Waals surface area contributed by atoms with Gasteiger partial charge in [0.15, 0.2) is 0 Å². The van der Waals surface area contributed by atoms with E-state index in [0.29, 0.717) is 5.41 Å². The van der Waals surface area contributed by atoms with Gasteiger partial charge in [-0.2, -0.15) is 0 Å². The Kier molecular flexibility index (Phi) is 6.50. The molecule has 0 bridgehead atoms. The zero-order chi connectivity index (χ0) is 22.4. The monoisotopic (exact) mass is 426 g/mol. The van der Waals surface area contributed by atoms with Crippen LogP contribution < -0.4 is 0 Å². The van der Waals surface area contributed by atoms with E-state index < -0.39 is 0 Å². The number of ether oxygens (including phenoxy) is 1. The summed E-state index contributed by atoms with van der Waals surface area (Å²) < 4.78 is 5.60. The fourth-order valence-electron chi connectivity index (χ4n) is 8.25. The van der Waals surface area contributed by atoms with E-state index in [0.717, 1.165) is 49.4 Å². The molecule has 0 aromatic heterocycles. The minimum absolute atomic E-state index is 0.0929. The van der Waals surface area contributed by atoms with Crippen LogP contribution in [0, 0.1) is 34.5 Å². The molecule has 4 rings (SSSR count). The van der Waals surface area contributed by atoms with Gasteiger partial charge in [-0.15, -0.1) is 0 Å². The second kappa shape index (κ2) is 8.71. The fraction of sp³-hybridized carbons (Fsp3) is 0.828. The maximum atomic E-state index is 11.5. The molecule has 31 heavy (non-hydrogen) atoms. The summed E-state index contributed by atoms with van der Waals surface area (Å²) in [5.41, 5.74) is 5.91. The van der Waals surface area contributed by atoms with Gasteiger partial charge in [-0.1, -0.05) is 76.7 Å². The molecule has 1 unspecified atom stereocenters. The minimum Gasteiger partial charge on any atom is -0.462 e. The number of esters is 1. The topological polar surface area (TPSA) is 26.3 Å². The van der Waals surface area contributed by atoms with E-state index in [4.69, 9.17) is 4.74 Å². The van der Waals surface area contributed by atoms with Gasteiger partial charge in [0, 0.05) is 18.8 Å². The van der Waals surface area contributed by atoms with Crippen molar-refractivity contribution in [3.63, 3.8) is 0 Å². The Morgan fingerprint density at radius 1 is 1.13 bits per heavy atom. The Bertz CT molecular complexity index is 759. The molecule has 2 nitrogen and oxygen atoms in total. The van der Waals surface area contributed by atoms with Crippen LogP contribution in [0.25, 0.3) is 0 Å². The number of carbonyl (C=O) groups excluding carboxylic acids is 1. The molecule has 6 atom stereocenters. The first-order chi connectivity index (χ1) is 14.6. The largest absolute Gasteiger partial charge is 0.462 e. The molecule has 0 N–H and O–H groups in total. The zero-order valence-corrected chi connectivity index (χ0v) is 21.1. The molecular formula is C29H46O2. The number of carbonyl (C=O) groups is 1. The number of rotatable bonds is 6. The van der Waals surface area contributed by atoms with Crippen LogP contribution in [0.15, 0.2) is 22.8 Å². The predicted octanol–water partition coefficient (Wildman–Crippen LogP) is 8.02. The number of hydrogen-bond donors (Lipinski definition) is 0. The van der Waals surface area contributed by atoms with Crippen LogP contribution >= 0.6 is 0 Å². The Labute approximate surface area is 191 Å². The van der Waals surface area contributed by atoms with Gasteiger partial charge in [0.25, 0.3) is 0 Å². The van der Waals surface area contributed by atoms with E-state index in [9.17, 15) is 4.79 Å². The molecule has 0 amide bonds. The highest BCUT2D eigenvalue weighted by atomic mass is 16.5. The third kappa shape index (κ3) is 4.18. The van der Waals surface area contributed by atoms with Crippen molar-refractivity contribution in [3.05, 3.63) is 22.8 Å². The first kappa shape index (κ1) is 23.1. The SMILES string of the molecule is CC(=O)O[C@H]1CC[C@@]2(C)C(=CCC3=C2CC[C@@]2(C)C3CC[C@@H]2[C@H](C)CCCC(C)C)C1. The quantitative estimate of drug-likeness (QED) is 0.317. The molecule has 0 aliphatic heterocycles. The summed E-state index contributed by atoms with van der Waals surface area (Å²) in [6.07, 6.45) is 16.6. The maximum absolute atomic E-state index is 11.5. The molecule has 4 aliphatic rings. The van der Waals surface area contributed by atoms with Crippen molar-refractivity contribution in [2.75, 3.05) is 0 Å². The van der Waals surface area contributed by atoms with Gasteiger partial charge in [-0.3, -0.25) is 4.79 Å². The summed E-state index contributed by atoms with van der Waals surface area (Å²) in [6, 6.07) is 0. The molecule has 0 saturated heterocycles. The Morgan fingerprint density at radius 3 is 2.61 bits per heavy atom. The fourth-order valence-corrected chi connectivity index (χ4v) is 8.25. The van der Waals surface area contributed by atoms with Crippen LogP contribution in [-0.2, 0) is 9.53 Å². The first-order valence-electron chi connectivity index (χ1n) is 13.2. The first-order valence-corrected chi connectivity index (χ1v) is 13.2. The molecule has 2 heteroatoms. The minimum atomic E-state index is -0.127. The lowest BCUT2D eigenvalue weighted by atomic mass is 9.53. The van der Waals surface area contributed by atoms with E-state index >= 15 is 0 Å². The summed E-state index contributed by atoms with van der Waals surface area (Å²) >= 11 is 0. The van der Waals surface area contributed by atoms with E-state index in [2.05, 4.69) is 40.7 Å². The summed E-state index contributed by atoms with van der Waals surface area (Å²) in [5, 5.41) is 0. The summed E-state index contributed by atoms with van der Waals surface area (Å²) in [5.74, 6) is 3.27. The van der Waals surface area contributed by atoms with Crippen LogP contribution in [0.3, 0.4) is 0 Å².